The fourth-order valence-electron chi connectivity index (χ4n) is 4.20. The number of unbranched alkanes of at least 4 members (excludes halogenated alkanes) is 1. The molecule has 0 aromatic carbocycles. The Morgan fingerprint density at radius 1 is 1.09 bits per heavy atom. The van der Waals surface area contributed by atoms with Crippen molar-refractivity contribution in [1.29, 1.82) is 0 Å². The Balaban J connectivity index is 2.43. The van der Waals surface area contributed by atoms with E-state index in [1.54, 1.807) is 6.08 Å². The summed E-state index contributed by atoms with van der Waals surface area (Å²) in [5, 5.41) is 5.77. The first kappa shape index (κ1) is 28.7. The van der Waals surface area contributed by atoms with Crippen LogP contribution in [0.25, 0.3) is 0 Å². The smallest absolute Gasteiger partial charge is 0.244 e. The Bertz CT molecular complexity index is 809. The van der Waals surface area contributed by atoms with Crippen LogP contribution in [0, 0.1) is 11.3 Å². The lowest BCUT2D eigenvalue weighted by Crippen LogP contribution is -2.29. The van der Waals surface area contributed by atoms with E-state index < -0.39 is 0 Å². The van der Waals surface area contributed by atoms with Gasteiger partial charge in [0.25, 0.3) is 0 Å². The second-order valence-electron chi connectivity index (χ2n) is 10.0. The predicted molar refractivity (Wildman–Crippen MR) is 141 cm³/mol. The predicted octanol–water partition coefficient (Wildman–Crippen LogP) is 6.58. The van der Waals surface area contributed by atoms with Gasteiger partial charge in [0, 0.05) is 25.1 Å². The molecule has 0 aromatic heterocycles. The number of amides is 2. The molecule has 1 atom stereocenters. The maximum absolute atomic E-state index is 12.1. The summed E-state index contributed by atoms with van der Waals surface area (Å²) in [6.45, 7) is 16.1. The first-order valence-corrected chi connectivity index (χ1v) is 12.5. The number of allylic oxidation sites excluding steroid dienone is 9. The van der Waals surface area contributed by atoms with Gasteiger partial charge in [-0.1, -0.05) is 68.7 Å². The van der Waals surface area contributed by atoms with Crippen LogP contribution in [-0.2, 0) is 9.59 Å². The molecule has 1 aliphatic carbocycles. The highest BCUT2D eigenvalue weighted by Gasteiger charge is 2.26. The van der Waals surface area contributed by atoms with E-state index >= 15 is 0 Å². The van der Waals surface area contributed by atoms with Crippen LogP contribution in [0.4, 0.5) is 0 Å². The fraction of sp³-hybridized carbons (Fsp3) is 0.586. The van der Waals surface area contributed by atoms with Crippen LogP contribution in [0.15, 0.2) is 58.7 Å². The van der Waals surface area contributed by atoms with Crippen molar-refractivity contribution in [2.45, 2.75) is 87.0 Å². The Morgan fingerprint density at radius 3 is 2.48 bits per heavy atom. The molecule has 0 radical (unpaired) electrons. The highest BCUT2D eigenvalue weighted by atomic mass is 16.2. The largest absolute Gasteiger partial charge is 0.356 e. The summed E-state index contributed by atoms with van der Waals surface area (Å²) in [4.78, 5) is 23.8. The van der Waals surface area contributed by atoms with E-state index in [0.29, 0.717) is 13.1 Å². The van der Waals surface area contributed by atoms with Crippen molar-refractivity contribution >= 4 is 11.8 Å². The van der Waals surface area contributed by atoms with E-state index in [-0.39, 0.29) is 23.1 Å². The highest BCUT2D eigenvalue weighted by Crippen LogP contribution is 2.40. The minimum absolute atomic E-state index is 0.0224. The molecule has 0 bridgehead atoms. The number of hydrogen-bond acceptors (Lipinski definition) is 2. The molecule has 0 fully saturated rings. The van der Waals surface area contributed by atoms with Gasteiger partial charge in [-0.3, -0.25) is 9.59 Å². The zero-order valence-electron chi connectivity index (χ0n) is 22.0. The van der Waals surface area contributed by atoms with Crippen molar-refractivity contribution in [3.8, 4) is 0 Å². The third kappa shape index (κ3) is 11.4. The van der Waals surface area contributed by atoms with Gasteiger partial charge in [-0.15, -0.1) is 0 Å². The summed E-state index contributed by atoms with van der Waals surface area (Å²) in [5.41, 5.74) is 5.33. The third-order valence-corrected chi connectivity index (χ3v) is 6.29. The lowest BCUT2D eigenvalue weighted by Gasteiger charge is -2.32. The van der Waals surface area contributed by atoms with E-state index in [1.165, 1.54) is 36.0 Å². The molecule has 1 aliphatic rings. The number of hydrogen-bond donors (Lipinski definition) is 2. The molecule has 33 heavy (non-hydrogen) atoms. The summed E-state index contributed by atoms with van der Waals surface area (Å²) >= 11 is 0. The third-order valence-electron chi connectivity index (χ3n) is 6.29. The minimum atomic E-state index is -0.0727. The first-order chi connectivity index (χ1) is 15.6. The Morgan fingerprint density at radius 2 is 1.82 bits per heavy atom. The molecule has 2 N–H and O–H groups in total. The van der Waals surface area contributed by atoms with Crippen LogP contribution in [0.5, 0.6) is 0 Å². The minimum Gasteiger partial charge on any atom is -0.356 e. The summed E-state index contributed by atoms with van der Waals surface area (Å²) in [6.07, 6.45) is 18.5. The summed E-state index contributed by atoms with van der Waals surface area (Å²) in [6, 6.07) is 0. The van der Waals surface area contributed by atoms with Crippen LogP contribution < -0.4 is 10.6 Å². The van der Waals surface area contributed by atoms with Gasteiger partial charge >= 0.3 is 0 Å². The summed E-state index contributed by atoms with van der Waals surface area (Å²) in [7, 11) is 0. The molecule has 0 aliphatic heterocycles. The number of carbonyl (C=O) groups excluding carboxylic acids is 2. The molecule has 4 heteroatoms. The maximum atomic E-state index is 12.1. The molecule has 0 saturated carbocycles. The van der Waals surface area contributed by atoms with E-state index in [0.717, 1.165) is 24.8 Å². The van der Waals surface area contributed by atoms with Gasteiger partial charge in [-0.25, -0.2) is 0 Å². The van der Waals surface area contributed by atoms with Crippen LogP contribution in [0.1, 0.15) is 87.0 Å². The second kappa shape index (κ2) is 14.7. The van der Waals surface area contributed by atoms with Crippen molar-refractivity contribution < 1.29 is 9.59 Å². The van der Waals surface area contributed by atoms with Crippen LogP contribution in [0.3, 0.4) is 0 Å². The molecule has 0 heterocycles. The SMILES string of the molecule is CCNC(=O)[C@H](C)CCCCNC(=O)/C=C(C)/C=C/C=C(C)/C=C/C1=C(C)CCCC1(C)C. The van der Waals surface area contributed by atoms with Gasteiger partial charge in [0.2, 0.25) is 11.8 Å². The summed E-state index contributed by atoms with van der Waals surface area (Å²) in [5.74, 6) is 0.0577. The molecule has 2 amide bonds. The van der Waals surface area contributed by atoms with Gasteiger partial charge in [0.05, 0.1) is 0 Å². The Labute approximate surface area is 202 Å². The van der Waals surface area contributed by atoms with E-state index in [4.69, 9.17) is 0 Å². The van der Waals surface area contributed by atoms with Crippen molar-refractivity contribution in [2.75, 3.05) is 13.1 Å². The molecule has 1 rings (SSSR count). The van der Waals surface area contributed by atoms with Crippen molar-refractivity contribution in [3.05, 3.63) is 58.7 Å². The van der Waals surface area contributed by atoms with Gasteiger partial charge < -0.3 is 10.6 Å². The lowest BCUT2D eigenvalue weighted by molar-refractivity contribution is -0.124. The lowest BCUT2D eigenvalue weighted by atomic mass is 9.72. The molecule has 184 valence electrons. The van der Waals surface area contributed by atoms with Crippen LogP contribution >= 0.6 is 0 Å². The summed E-state index contributed by atoms with van der Waals surface area (Å²) < 4.78 is 0. The normalized spacial score (nSPS) is 18.2. The monoisotopic (exact) mass is 454 g/mol. The topological polar surface area (TPSA) is 58.2 Å². The van der Waals surface area contributed by atoms with E-state index in [2.05, 4.69) is 56.6 Å². The van der Waals surface area contributed by atoms with Crippen molar-refractivity contribution in [3.63, 3.8) is 0 Å². The van der Waals surface area contributed by atoms with Crippen LogP contribution in [-0.4, -0.2) is 24.9 Å². The van der Waals surface area contributed by atoms with Crippen molar-refractivity contribution in [1.82, 2.24) is 10.6 Å². The van der Waals surface area contributed by atoms with Crippen LogP contribution in [0.2, 0.25) is 0 Å². The Kier molecular flexibility index (Phi) is 12.8. The van der Waals surface area contributed by atoms with Gasteiger partial charge in [-0.05, 0) is 76.4 Å². The van der Waals surface area contributed by atoms with Gasteiger partial charge in [0.15, 0.2) is 0 Å². The highest BCUT2D eigenvalue weighted by molar-refractivity contribution is 5.88. The molecular formula is C29H46N2O2. The molecule has 0 saturated heterocycles. The number of nitrogens with one attached hydrogen (secondary N) is 2. The van der Waals surface area contributed by atoms with E-state index in [1.807, 2.05) is 32.9 Å². The standard InChI is InChI=1S/C29H46N2O2/c1-8-30-28(33)25(5)15-9-10-20-31-27(32)21-23(3)14-11-13-22(2)17-18-26-24(4)16-12-19-29(26,6)7/h11,13-14,17-18,21,25H,8-10,12,15-16,19-20H2,1-7H3,(H,30,33)(H,31,32)/b14-11+,18-17+,22-13+,23-21+/t25-/m1/s1. The van der Waals surface area contributed by atoms with Gasteiger partial charge in [0.1, 0.15) is 0 Å². The first-order valence-electron chi connectivity index (χ1n) is 12.5. The number of carbonyl (C=O) groups is 2. The molecule has 0 unspecified atom stereocenters. The molecular weight excluding hydrogens is 408 g/mol. The maximum Gasteiger partial charge on any atom is 0.244 e. The number of rotatable bonds is 12. The average Bonchev–Trinajstić information content (AvgIpc) is 2.72. The Hall–Kier alpha value is -2.36. The second-order valence-corrected chi connectivity index (χ2v) is 10.0. The zero-order chi connectivity index (χ0) is 24.9. The molecule has 0 spiro atoms. The fourth-order valence-corrected chi connectivity index (χ4v) is 4.20. The van der Waals surface area contributed by atoms with Crippen molar-refractivity contribution in [2.24, 2.45) is 11.3 Å². The van der Waals surface area contributed by atoms with E-state index in [9.17, 15) is 9.59 Å². The molecule has 4 nitrogen and oxygen atoms in total. The van der Waals surface area contributed by atoms with Gasteiger partial charge in [-0.2, -0.15) is 0 Å². The average molecular weight is 455 g/mol. The quantitative estimate of drug-likeness (QED) is 0.199. The molecule has 0 aromatic rings. The zero-order valence-corrected chi connectivity index (χ0v) is 22.0.